The van der Waals surface area contributed by atoms with Gasteiger partial charge in [0.1, 0.15) is 6.61 Å². The van der Waals surface area contributed by atoms with Gasteiger partial charge in [-0.15, -0.1) is 0 Å². The fraction of sp³-hybridized carbons (Fsp3) is 0.583. The van der Waals surface area contributed by atoms with Crippen LogP contribution in [0.15, 0.2) is 12.2 Å². The van der Waals surface area contributed by atoms with E-state index in [1.54, 1.807) is 0 Å². The first-order valence-corrected chi connectivity index (χ1v) is 5.82. The van der Waals surface area contributed by atoms with Crippen LogP contribution in [0.1, 0.15) is 13.8 Å². The van der Waals surface area contributed by atoms with Crippen molar-refractivity contribution in [3.63, 3.8) is 0 Å². The molecule has 0 aromatic rings. The Balaban J connectivity index is 3.67. The van der Waals surface area contributed by atoms with Crippen LogP contribution in [0.2, 0.25) is 0 Å². The molecule has 8 heteroatoms. The molecule has 1 atom stereocenters. The van der Waals surface area contributed by atoms with Crippen LogP contribution in [0.3, 0.4) is 0 Å². The van der Waals surface area contributed by atoms with Gasteiger partial charge in [0.2, 0.25) is 0 Å². The fourth-order valence-electron chi connectivity index (χ4n) is 0.863. The molecule has 0 bridgehead atoms. The molecule has 0 aromatic carbocycles. The molecule has 0 aliphatic rings. The molecule has 1 unspecified atom stereocenters. The molecule has 0 saturated carbocycles. The van der Waals surface area contributed by atoms with Gasteiger partial charge in [-0.05, 0) is 13.8 Å². The van der Waals surface area contributed by atoms with Crippen LogP contribution >= 0.6 is 0 Å². The van der Waals surface area contributed by atoms with E-state index in [1.807, 2.05) is 0 Å². The van der Waals surface area contributed by atoms with Gasteiger partial charge >= 0.3 is 18.0 Å². The molecule has 0 aliphatic heterocycles. The highest BCUT2D eigenvalue weighted by molar-refractivity contribution is 5.86. The predicted molar refractivity (Wildman–Crippen MR) is 67.7 cm³/mol. The van der Waals surface area contributed by atoms with E-state index in [4.69, 9.17) is 9.47 Å². The third-order valence-electron chi connectivity index (χ3n) is 1.90. The molecule has 0 aliphatic carbocycles. The summed E-state index contributed by atoms with van der Waals surface area (Å²) < 4.78 is 18.7. The molecule has 0 radical (unpaired) electrons. The molecule has 8 nitrogen and oxygen atoms in total. The molecule has 0 aromatic heterocycles. The normalized spacial score (nSPS) is 11.2. The first-order chi connectivity index (χ1) is 9.36. The predicted octanol–water partition coefficient (Wildman–Crippen LogP) is 0.367. The zero-order chi connectivity index (χ0) is 15.5. The Morgan fingerprint density at radius 3 is 2.45 bits per heavy atom. The van der Waals surface area contributed by atoms with Gasteiger partial charge in [-0.2, -0.15) is 0 Å². The SMILES string of the molecule is C=C(C)C(=O)OCCNC(=O)OCC(=O)OC(C)OC. The van der Waals surface area contributed by atoms with E-state index in [-0.39, 0.29) is 18.7 Å². The Kier molecular flexibility index (Phi) is 8.77. The van der Waals surface area contributed by atoms with Gasteiger partial charge in [0.15, 0.2) is 12.9 Å². The number of nitrogens with one attached hydrogen (secondary N) is 1. The summed E-state index contributed by atoms with van der Waals surface area (Å²) in [6.07, 6.45) is -1.53. The van der Waals surface area contributed by atoms with E-state index in [0.29, 0.717) is 0 Å². The Labute approximate surface area is 117 Å². The summed E-state index contributed by atoms with van der Waals surface area (Å²) in [6.45, 7) is 5.93. The van der Waals surface area contributed by atoms with Crippen molar-refractivity contribution in [3.8, 4) is 0 Å². The van der Waals surface area contributed by atoms with E-state index in [9.17, 15) is 14.4 Å². The molecular formula is C12H19NO7. The lowest BCUT2D eigenvalue weighted by Crippen LogP contribution is -2.31. The number of methoxy groups -OCH3 is 1. The molecule has 0 heterocycles. The van der Waals surface area contributed by atoms with Crippen molar-refractivity contribution in [2.75, 3.05) is 26.9 Å². The second kappa shape index (κ2) is 9.79. The summed E-state index contributed by atoms with van der Waals surface area (Å²) in [5, 5.41) is 2.29. The summed E-state index contributed by atoms with van der Waals surface area (Å²) in [5.41, 5.74) is 0.266. The van der Waals surface area contributed by atoms with Gasteiger partial charge in [0.25, 0.3) is 0 Å². The monoisotopic (exact) mass is 289 g/mol. The smallest absolute Gasteiger partial charge is 0.407 e. The summed E-state index contributed by atoms with van der Waals surface area (Å²) in [6, 6.07) is 0. The first kappa shape index (κ1) is 17.9. The minimum absolute atomic E-state index is 0.0219. The average Bonchev–Trinajstić information content (AvgIpc) is 2.40. The summed E-state index contributed by atoms with van der Waals surface area (Å²) in [7, 11) is 1.37. The highest BCUT2D eigenvalue weighted by Gasteiger charge is 2.11. The van der Waals surface area contributed by atoms with Crippen LogP contribution in [0.5, 0.6) is 0 Å². The zero-order valence-corrected chi connectivity index (χ0v) is 11.8. The number of esters is 2. The average molecular weight is 289 g/mol. The Bertz CT molecular complexity index is 367. The molecular weight excluding hydrogens is 270 g/mol. The quantitative estimate of drug-likeness (QED) is 0.226. The van der Waals surface area contributed by atoms with Gasteiger partial charge < -0.3 is 24.3 Å². The number of ether oxygens (including phenoxy) is 4. The summed E-state index contributed by atoms with van der Waals surface area (Å²) >= 11 is 0. The minimum Gasteiger partial charge on any atom is -0.460 e. The van der Waals surface area contributed by atoms with Crippen molar-refractivity contribution in [1.29, 1.82) is 0 Å². The van der Waals surface area contributed by atoms with Gasteiger partial charge in [-0.25, -0.2) is 14.4 Å². The maximum absolute atomic E-state index is 11.2. The van der Waals surface area contributed by atoms with Crippen LogP contribution in [0.4, 0.5) is 4.79 Å². The first-order valence-electron chi connectivity index (χ1n) is 5.82. The number of alkyl carbamates (subject to hydrolysis) is 1. The molecule has 0 saturated heterocycles. The highest BCUT2D eigenvalue weighted by atomic mass is 16.7. The standard InChI is InChI=1S/C12H19NO7/c1-8(2)11(15)18-6-5-13-12(16)19-7-10(14)20-9(3)17-4/h9H,1,5-7H2,2-4H3,(H,13,16). The van der Waals surface area contributed by atoms with Gasteiger partial charge in [0, 0.05) is 12.7 Å². The van der Waals surface area contributed by atoms with Crippen LogP contribution in [0.25, 0.3) is 0 Å². The number of carbonyl (C=O) groups excluding carboxylic acids is 3. The molecule has 0 spiro atoms. The van der Waals surface area contributed by atoms with Gasteiger partial charge in [-0.1, -0.05) is 6.58 Å². The van der Waals surface area contributed by atoms with E-state index >= 15 is 0 Å². The highest BCUT2D eigenvalue weighted by Crippen LogP contribution is 1.93. The number of hydrogen-bond donors (Lipinski definition) is 1. The van der Waals surface area contributed by atoms with Crippen molar-refractivity contribution in [2.24, 2.45) is 0 Å². The molecule has 114 valence electrons. The van der Waals surface area contributed by atoms with Gasteiger partial charge in [-0.3, -0.25) is 0 Å². The maximum atomic E-state index is 11.2. The van der Waals surface area contributed by atoms with Crippen molar-refractivity contribution < 1.29 is 33.3 Å². The minimum atomic E-state index is -0.821. The lowest BCUT2D eigenvalue weighted by Gasteiger charge is -2.11. The van der Waals surface area contributed by atoms with Crippen molar-refractivity contribution in [1.82, 2.24) is 5.32 Å². The Morgan fingerprint density at radius 2 is 1.90 bits per heavy atom. The van der Waals surface area contributed by atoms with Crippen LogP contribution < -0.4 is 5.32 Å². The third kappa shape index (κ3) is 8.92. The largest absolute Gasteiger partial charge is 0.460 e. The third-order valence-corrected chi connectivity index (χ3v) is 1.90. The maximum Gasteiger partial charge on any atom is 0.407 e. The van der Waals surface area contributed by atoms with Crippen molar-refractivity contribution in [2.45, 2.75) is 20.1 Å². The van der Waals surface area contributed by atoms with E-state index < -0.39 is 30.9 Å². The molecule has 0 fully saturated rings. The van der Waals surface area contributed by atoms with Crippen molar-refractivity contribution >= 4 is 18.0 Å². The summed E-state index contributed by atoms with van der Waals surface area (Å²) in [5.74, 6) is -1.28. The number of rotatable bonds is 8. The fourth-order valence-corrected chi connectivity index (χ4v) is 0.863. The molecule has 0 rings (SSSR count). The van der Waals surface area contributed by atoms with E-state index in [0.717, 1.165) is 0 Å². The van der Waals surface area contributed by atoms with Crippen LogP contribution in [0, 0.1) is 0 Å². The van der Waals surface area contributed by atoms with E-state index in [1.165, 1.54) is 21.0 Å². The second-order valence-electron chi connectivity index (χ2n) is 3.71. The zero-order valence-electron chi connectivity index (χ0n) is 11.8. The van der Waals surface area contributed by atoms with E-state index in [2.05, 4.69) is 21.4 Å². The lowest BCUT2D eigenvalue weighted by atomic mass is 10.4. The summed E-state index contributed by atoms with van der Waals surface area (Å²) in [4.78, 5) is 33.3. The Hall–Kier alpha value is -2.09. The van der Waals surface area contributed by atoms with Crippen LogP contribution in [-0.4, -0.2) is 51.2 Å². The lowest BCUT2D eigenvalue weighted by molar-refractivity contribution is -0.172. The number of amides is 1. The molecule has 20 heavy (non-hydrogen) atoms. The molecule has 1 amide bonds. The van der Waals surface area contributed by atoms with Crippen molar-refractivity contribution in [3.05, 3.63) is 12.2 Å². The number of carbonyl (C=O) groups is 3. The number of hydrogen-bond acceptors (Lipinski definition) is 7. The van der Waals surface area contributed by atoms with Gasteiger partial charge in [0.05, 0.1) is 6.54 Å². The topological polar surface area (TPSA) is 100 Å². The Morgan fingerprint density at radius 1 is 1.25 bits per heavy atom. The van der Waals surface area contributed by atoms with Crippen LogP contribution in [-0.2, 0) is 28.5 Å². The second-order valence-corrected chi connectivity index (χ2v) is 3.71. The molecule has 1 N–H and O–H groups in total.